The summed E-state index contributed by atoms with van der Waals surface area (Å²) in [7, 11) is 1.66. The summed E-state index contributed by atoms with van der Waals surface area (Å²) in [6.45, 7) is 2.10. The predicted molar refractivity (Wildman–Crippen MR) is 151 cm³/mol. The van der Waals surface area contributed by atoms with Crippen molar-refractivity contribution in [2.24, 2.45) is 0 Å². The Labute approximate surface area is 222 Å². The van der Waals surface area contributed by atoms with Gasteiger partial charge in [-0.1, -0.05) is 97.3 Å². The Morgan fingerprint density at radius 1 is 0.946 bits per heavy atom. The summed E-state index contributed by atoms with van der Waals surface area (Å²) >= 11 is 1.61. The van der Waals surface area contributed by atoms with Gasteiger partial charge < -0.3 is 4.74 Å². The van der Waals surface area contributed by atoms with E-state index in [1.807, 2.05) is 28.8 Å². The molecule has 1 spiro atoms. The van der Waals surface area contributed by atoms with E-state index in [1.54, 1.807) is 18.9 Å². The SMILES string of the molecule is COc1ccccc1-n1c(SCc2ccc(C)cc2)nc2c(c1=O)C1(CCCCC1)Cc1ccccc1-2. The van der Waals surface area contributed by atoms with Gasteiger partial charge in [0.25, 0.3) is 5.56 Å². The van der Waals surface area contributed by atoms with Gasteiger partial charge in [0.05, 0.1) is 24.1 Å². The van der Waals surface area contributed by atoms with Crippen molar-refractivity contribution in [2.75, 3.05) is 7.11 Å². The summed E-state index contributed by atoms with van der Waals surface area (Å²) in [6.07, 6.45) is 6.52. The van der Waals surface area contributed by atoms with Crippen molar-refractivity contribution < 1.29 is 4.74 Å². The van der Waals surface area contributed by atoms with Crippen LogP contribution in [0.15, 0.2) is 82.7 Å². The van der Waals surface area contributed by atoms with Gasteiger partial charge in [-0.3, -0.25) is 9.36 Å². The van der Waals surface area contributed by atoms with Gasteiger partial charge in [-0.2, -0.15) is 0 Å². The fourth-order valence-electron chi connectivity index (χ4n) is 6.14. The first-order valence-corrected chi connectivity index (χ1v) is 14.2. The molecule has 1 heterocycles. The van der Waals surface area contributed by atoms with E-state index >= 15 is 0 Å². The van der Waals surface area contributed by atoms with Gasteiger partial charge >= 0.3 is 0 Å². The van der Waals surface area contributed by atoms with Crippen LogP contribution in [0, 0.1) is 6.92 Å². The molecule has 0 aliphatic heterocycles. The Morgan fingerprint density at radius 2 is 1.68 bits per heavy atom. The summed E-state index contributed by atoms with van der Waals surface area (Å²) < 4.78 is 7.55. The third kappa shape index (κ3) is 4.29. The van der Waals surface area contributed by atoms with E-state index < -0.39 is 0 Å². The molecule has 4 aromatic rings. The van der Waals surface area contributed by atoms with Crippen LogP contribution in [0.25, 0.3) is 16.9 Å². The first-order chi connectivity index (χ1) is 18.1. The average Bonchev–Trinajstić information content (AvgIpc) is 2.93. The topological polar surface area (TPSA) is 44.1 Å². The third-order valence-electron chi connectivity index (χ3n) is 8.01. The second-order valence-corrected chi connectivity index (χ2v) is 11.3. The Hall–Kier alpha value is -3.31. The van der Waals surface area contributed by atoms with Crippen LogP contribution < -0.4 is 10.3 Å². The first kappa shape index (κ1) is 24.1. The molecule has 1 fully saturated rings. The van der Waals surface area contributed by atoms with Gasteiger partial charge in [-0.15, -0.1) is 0 Å². The predicted octanol–water partition coefficient (Wildman–Crippen LogP) is 7.27. The van der Waals surface area contributed by atoms with Crippen molar-refractivity contribution in [3.05, 3.63) is 105 Å². The van der Waals surface area contributed by atoms with E-state index in [0.29, 0.717) is 10.9 Å². The van der Waals surface area contributed by atoms with Crippen molar-refractivity contribution in [3.8, 4) is 22.7 Å². The summed E-state index contributed by atoms with van der Waals surface area (Å²) in [6, 6.07) is 24.9. The van der Waals surface area contributed by atoms with Crippen LogP contribution in [0.5, 0.6) is 5.75 Å². The molecule has 0 saturated heterocycles. The van der Waals surface area contributed by atoms with E-state index in [-0.39, 0.29) is 11.0 Å². The number of rotatable bonds is 5. The second kappa shape index (κ2) is 9.86. The molecule has 1 saturated carbocycles. The highest BCUT2D eigenvalue weighted by Crippen LogP contribution is 2.49. The number of para-hydroxylation sites is 2. The standard InChI is InChI=1S/C32H32N2O2S/c1-22-14-16-23(17-15-22)21-37-31-33-29-25-11-5-4-10-24(25)20-32(18-8-3-9-19-32)28(29)30(35)34(31)26-12-6-7-13-27(26)36-2/h4-7,10-17H,3,8-9,18-21H2,1-2H3. The van der Waals surface area contributed by atoms with Crippen LogP contribution in [0.2, 0.25) is 0 Å². The minimum Gasteiger partial charge on any atom is -0.495 e. The van der Waals surface area contributed by atoms with Crippen LogP contribution in [0.4, 0.5) is 0 Å². The van der Waals surface area contributed by atoms with E-state index in [2.05, 4.69) is 55.5 Å². The number of fused-ring (bicyclic) bond motifs is 4. The first-order valence-electron chi connectivity index (χ1n) is 13.2. The van der Waals surface area contributed by atoms with E-state index in [9.17, 15) is 4.79 Å². The molecule has 2 aliphatic rings. The van der Waals surface area contributed by atoms with Gasteiger partial charge in [0.2, 0.25) is 0 Å². The number of ether oxygens (including phenoxy) is 1. The molecule has 0 amide bonds. The maximum Gasteiger partial charge on any atom is 0.263 e. The number of aryl methyl sites for hydroxylation is 1. The molecule has 6 rings (SSSR count). The van der Waals surface area contributed by atoms with Crippen LogP contribution >= 0.6 is 11.8 Å². The molecule has 188 valence electrons. The lowest BCUT2D eigenvalue weighted by Gasteiger charge is -2.42. The van der Waals surface area contributed by atoms with Crippen LogP contribution in [0.3, 0.4) is 0 Å². The highest BCUT2D eigenvalue weighted by atomic mass is 32.2. The summed E-state index contributed by atoms with van der Waals surface area (Å²) in [4.78, 5) is 20.0. The molecular formula is C32H32N2O2S. The van der Waals surface area contributed by atoms with Gasteiger partial charge in [0.15, 0.2) is 5.16 Å². The summed E-state index contributed by atoms with van der Waals surface area (Å²) in [5.74, 6) is 1.41. The highest BCUT2D eigenvalue weighted by molar-refractivity contribution is 7.98. The average molecular weight is 509 g/mol. The quantitative estimate of drug-likeness (QED) is 0.210. The van der Waals surface area contributed by atoms with E-state index in [0.717, 1.165) is 60.4 Å². The fraction of sp³-hybridized carbons (Fsp3) is 0.312. The molecule has 4 nitrogen and oxygen atoms in total. The zero-order valence-corrected chi connectivity index (χ0v) is 22.3. The minimum atomic E-state index is -0.157. The summed E-state index contributed by atoms with van der Waals surface area (Å²) in [5, 5.41) is 0.705. The van der Waals surface area contributed by atoms with Crippen molar-refractivity contribution in [2.45, 2.75) is 61.8 Å². The molecule has 0 unspecified atom stereocenters. The smallest absolute Gasteiger partial charge is 0.263 e. The monoisotopic (exact) mass is 508 g/mol. The molecule has 3 aromatic carbocycles. The van der Waals surface area contributed by atoms with Crippen molar-refractivity contribution in [1.29, 1.82) is 0 Å². The molecule has 0 atom stereocenters. The van der Waals surface area contributed by atoms with Gasteiger partial charge in [0.1, 0.15) is 5.75 Å². The fourth-order valence-corrected chi connectivity index (χ4v) is 7.10. The second-order valence-electron chi connectivity index (χ2n) is 10.4. The zero-order chi connectivity index (χ0) is 25.4. The van der Waals surface area contributed by atoms with Crippen molar-refractivity contribution >= 4 is 11.8 Å². The number of thioether (sulfide) groups is 1. The van der Waals surface area contributed by atoms with Crippen LogP contribution in [-0.4, -0.2) is 16.7 Å². The molecule has 0 N–H and O–H groups in total. The van der Waals surface area contributed by atoms with Crippen LogP contribution in [-0.2, 0) is 17.6 Å². The maximum atomic E-state index is 14.7. The molecule has 1 aromatic heterocycles. The lowest BCUT2D eigenvalue weighted by Crippen LogP contribution is -2.43. The molecule has 2 aliphatic carbocycles. The minimum absolute atomic E-state index is 0.0531. The molecular weight excluding hydrogens is 476 g/mol. The zero-order valence-electron chi connectivity index (χ0n) is 21.5. The van der Waals surface area contributed by atoms with E-state index in [4.69, 9.17) is 9.72 Å². The van der Waals surface area contributed by atoms with E-state index in [1.165, 1.54) is 23.1 Å². The Morgan fingerprint density at radius 3 is 2.46 bits per heavy atom. The Bertz CT molecular complexity index is 1500. The molecule has 5 heteroatoms. The lowest BCUT2D eigenvalue weighted by molar-refractivity contribution is 0.283. The number of nitrogens with zero attached hydrogens (tertiary/aromatic N) is 2. The van der Waals surface area contributed by atoms with Gasteiger partial charge in [0, 0.05) is 16.7 Å². The van der Waals surface area contributed by atoms with Crippen molar-refractivity contribution in [1.82, 2.24) is 9.55 Å². The number of methoxy groups -OCH3 is 1. The Kier molecular flexibility index (Phi) is 6.41. The largest absolute Gasteiger partial charge is 0.495 e. The molecule has 0 radical (unpaired) electrons. The number of hydrogen-bond donors (Lipinski definition) is 0. The lowest BCUT2D eigenvalue weighted by atomic mass is 9.62. The normalized spacial score (nSPS) is 15.7. The number of aromatic nitrogens is 2. The third-order valence-corrected chi connectivity index (χ3v) is 9.02. The van der Waals surface area contributed by atoms with Gasteiger partial charge in [-0.25, -0.2) is 4.98 Å². The Balaban J connectivity index is 1.59. The van der Waals surface area contributed by atoms with Crippen molar-refractivity contribution in [3.63, 3.8) is 0 Å². The number of hydrogen-bond acceptors (Lipinski definition) is 4. The van der Waals surface area contributed by atoms with Crippen LogP contribution in [0.1, 0.15) is 54.4 Å². The summed E-state index contributed by atoms with van der Waals surface area (Å²) in [5.41, 5.74) is 7.29. The molecule has 0 bridgehead atoms. The maximum absolute atomic E-state index is 14.7. The number of benzene rings is 3. The van der Waals surface area contributed by atoms with Gasteiger partial charge in [-0.05, 0) is 49.4 Å². The highest BCUT2D eigenvalue weighted by Gasteiger charge is 2.43. The molecule has 37 heavy (non-hydrogen) atoms.